The molecule has 6 N–H and O–H groups in total. The van der Waals surface area contributed by atoms with E-state index in [9.17, 15) is 14.7 Å². The highest BCUT2D eigenvalue weighted by molar-refractivity contribution is 6.05. The molecule has 0 fully saturated rings. The number of nitrogens with two attached hydrogens (primary N) is 2. The minimum absolute atomic E-state index is 0.162. The van der Waals surface area contributed by atoms with Crippen LogP contribution in [0.4, 0.5) is 5.69 Å². The number of hydrogen-bond acceptors (Lipinski definition) is 5. The fourth-order valence-electron chi connectivity index (χ4n) is 2.44. The largest absolute Gasteiger partial charge is 0.398 e. The van der Waals surface area contributed by atoms with Gasteiger partial charge in [0.05, 0.1) is 0 Å². The molecule has 1 atom stereocenters. The molecular weight excluding hydrogens is 318 g/mol. The first-order valence-electron chi connectivity index (χ1n) is 8.19. The average Bonchev–Trinajstić information content (AvgIpc) is 2.64. The predicted molar refractivity (Wildman–Crippen MR) is 97.2 cm³/mol. The number of unbranched alkanes of at least 4 members (excludes halogenated alkanes) is 1. The van der Waals surface area contributed by atoms with E-state index in [1.165, 1.54) is 18.2 Å². The zero-order chi connectivity index (χ0) is 18.2. The van der Waals surface area contributed by atoms with Crippen molar-refractivity contribution in [2.75, 3.05) is 18.8 Å². The summed E-state index contributed by atoms with van der Waals surface area (Å²) in [5.41, 5.74) is 12.5. The fraction of sp³-hybridized carbons (Fsp3) is 0.263. The number of aliphatic hydroxyl groups excluding tert-OH is 1. The maximum Gasteiger partial charge on any atom is 0.251 e. The Bertz CT molecular complexity index is 732. The molecule has 0 aromatic heterocycles. The summed E-state index contributed by atoms with van der Waals surface area (Å²) in [5, 5.41) is 13.0. The summed E-state index contributed by atoms with van der Waals surface area (Å²) in [4.78, 5) is 24.5. The van der Waals surface area contributed by atoms with Gasteiger partial charge in [0.2, 0.25) is 0 Å². The van der Waals surface area contributed by atoms with E-state index < -0.39 is 11.9 Å². The first-order valence-corrected chi connectivity index (χ1v) is 8.19. The fourth-order valence-corrected chi connectivity index (χ4v) is 2.44. The van der Waals surface area contributed by atoms with Crippen molar-refractivity contribution in [2.45, 2.75) is 18.9 Å². The highest BCUT2D eigenvalue weighted by atomic mass is 16.3. The van der Waals surface area contributed by atoms with Gasteiger partial charge in [-0.3, -0.25) is 9.59 Å². The molecule has 0 saturated heterocycles. The van der Waals surface area contributed by atoms with E-state index in [0.29, 0.717) is 24.2 Å². The Morgan fingerprint density at radius 3 is 2.44 bits per heavy atom. The van der Waals surface area contributed by atoms with Crippen molar-refractivity contribution in [3.05, 3.63) is 65.2 Å². The predicted octanol–water partition coefficient (Wildman–Crippen LogP) is 1.65. The van der Waals surface area contributed by atoms with Gasteiger partial charge in [0.25, 0.3) is 5.91 Å². The van der Waals surface area contributed by atoms with Gasteiger partial charge in [-0.1, -0.05) is 30.3 Å². The molecule has 6 nitrogen and oxygen atoms in total. The number of aliphatic hydroxyl groups is 1. The van der Waals surface area contributed by atoms with Gasteiger partial charge in [-0.15, -0.1) is 0 Å². The molecule has 0 bridgehead atoms. The Morgan fingerprint density at radius 2 is 1.80 bits per heavy atom. The molecule has 6 heteroatoms. The van der Waals surface area contributed by atoms with Gasteiger partial charge < -0.3 is 21.9 Å². The number of rotatable bonds is 8. The molecule has 2 aromatic carbocycles. The Kier molecular flexibility index (Phi) is 6.68. The number of hydrogen-bond donors (Lipinski definition) is 4. The SMILES string of the molecule is NCCCCNC(=O)c1ccc(C(=O)C(O)c2ccccc2)c(N)c1. The number of Topliss-reactive ketones (excluding diaryl/α,β-unsaturated/α-hetero) is 1. The van der Waals surface area contributed by atoms with E-state index in [2.05, 4.69) is 5.32 Å². The van der Waals surface area contributed by atoms with Crippen LogP contribution in [-0.4, -0.2) is 29.9 Å². The first kappa shape index (κ1) is 18.6. The Hall–Kier alpha value is -2.70. The van der Waals surface area contributed by atoms with E-state index >= 15 is 0 Å². The molecule has 0 heterocycles. The molecule has 2 rings (SSSR count). The van der Waals surface area contributed by atoms with E-state index in [1.807, 2.05) is 0 Å². The van der Waals surface area contributed by atoms with Gasteiger partial charge in [-0.05, 0) is 43.1 Å². The van der Waals surface area contributed by atoms with Crippen LogP contribution in [0.25, 0.3) is 0 Å². The maximum atomic E-state index is 12.4. The van der Waals surface area contributed by atoms with Crippen molar-refractivity contribution in [1.82, 2.24) is 5.32 Å². The molecule has 1 unspecified atom stereocenters. The van der Waals surface area contributed by atoms with Crippen LogP contribution in [0.2, 0.25) is 0 Å². The third-order valence-corrected chi connectivity index (χ3v) is 3.86. The van der Waals surface area contributed by atoms with Crippen molar-refractivity contribution >= 4 is 17.4 Å². The zero-order valence-corrected chi connectivity index (χ0v) is 13.9. The van der Waals surface area contributed by atoms with E-state index in [-0.39, 0.29) is 17.2 Å². The number of ketones is 1. The van der Waals surface area contributed by atoms with Crippen LogP contribution in [0, 0.1) is 0 Å². The van der Waals surface area contributed by atoms with Gasteiger partial charge in [0, 0.05) is 23.4 Å². The summed E-state index contributed by atoms with van der Waals surface area (Å²) in [6, 6.07) is 13.1. The molecule has 2 aromatic rings. The smallest absolute Gasteiger partial charge is 0.251 e. The highest BCUT2D eigenvalue weighted by Crippen LogP contribution is 2.23. The summed E-state index contributed by atoms with van der Waals surface area (Å²) in [7, 11) is 0. The van der Waals surface area contributed by atoms with Crippen molar-refractivity contribution < 1.29 is 14.7 Å². The minimum atomic E-state index is -1.29. The van der Waals surface area contributed by atoms with Gasteiger partial charge in [0.15, 0.2) is 5.78 Å². The molecule has 132 valence electrons. The van der Waals surface area contributed by atoms with Crippen LogP contribution in [-0.2, 0) is 0 Å². The third-order valence-electron chi connectivity index (χ3n) is 3.86. The first-order chi connectivity index (χ1) is 12.0. The monoisotopic (exact) mass is 341 g/mol. The van der Waals surface area contributed by atoms with Gasteiger partial charge in [-0.2, -0.15) is 0 Å². The zero-order valence-electron chi connectivity index (χ0n) is 13.9. The number of carbonyl (C=O) groups excluding carboxylic acids is 2. The topological polar surface area (TPSA) is 118 Å². The van der Waals surface area contributed by atoms with E-state index in [0.717, 1.165) is 12.8 Å². The molecule has 1 amide bonds. The summed E-state index contributed by atoms with van der Waals surface area (Å²) < 4.78 is 0. The molecule has 0 aliphatic rings. The van der Waals surface area contributed by atoms with Crippen molar-refractivity contribution in [3.63, 3.8) is 0 Å². The number of benzene rings is 2. The second-order valence-corrected chi connectivity index (χ2v) is 5.73. The Labute approximate surface area is 146 Å². The number of anilines is 1. The average molecular weight is 341 g/mol. The number of carbonyl (C=O) groups is 2. The van der Waals surface area contributed by atoms with Crippen LogP contribution >= 0.6 is 0 Å². The lowest BCUT2D eigenvalue weighted by Gasteiger charge is -2.13. The normalized spacial score (nSPS) is 11.8. The molecular formula is C19H23N3O3. The third kappa shape index (κ3) is 4.89. The quantitative estimate of drug-likeness (QED) is 0.331. The molecule has 25 heavy (non-hydrogen) atoms. The van der Waals surface area contributed by atoms with E-state index in [4.69, 9.17) is 11.5 Å². The number of amides is 1. The molecule has 0 aliphatic heterocycles. The lowest BCUT2D eigenvalue weighted by Crippen LogP contribution is -2.25. The van der Waals surface area contributed by atoms with E-state index in [1.54, 1.807) is 30.3 Å². The van der Waals surface area contributed by atoms with Crippen LogP contribution in [0.5, 0.6) is 0 Å². The molecule has 0 aliphatic carbocycles. The summed E-state index contributed by atoms with van der Waals surface area (Å²) in [6.45, 7) is 1.12. The second kappa shape index (κ2) is 8.96. The van der Waals surface area contributed by atoms with Crippen LogP contribution in [0.1, 0.15) is 45.2 Å². The highest BCUT2D eigenvalue weighted by Gasteiger charge is 2.21. The lowest BCUT2D eigenvalue weighted by molar-refractivity contribution is 0.0748. The van der Waals surface area contributed by atoms with Crippen LogP contribution in [0.15, 0.2) is 48.5 Å². The summed E-state index contributed by atoms with van der Waals surface area (Å²) in [5.74, 6) is -0.759. The summed E-state index contributed by atoms with van der Waals surface area (Å²) in [6.07, 6.45) is 0.351. The lowest BCUT2D eigenvalue weighted by atomic mass is 9.97. The van der Waals surface area contributed by atoms with Gasteiger partial charge in [-0.25, -0.2) is 0 Å². The van der Waals surface area contributed by atoms with Crippen LogP contribution < -0.4 is 16.8 Å². The van der Waals surface area contributed by atoms with Gasteiger partial charge >= 0.3 is 0 Å². The second-order valence-electron chi connectivity index (χ2n) is 5.73. The minimum Gasteiger partial charge on any atom is -0.398 e. The molecule has 0 spiro atoms. The Morgan fingerprint density at radius 1 is 1.08 bits per heavy atom. The van der Waals surface area contributed by atoms with Crippen LogP contribution in [0.3, 0.4) is 0 Å². The number of nitrogen functional groups attached to an aromatic ring is 1. The number of nitrogens with one attached hydrogen (secondary N) is 1. The molecule has 0 radical (unpaired) electrons. The Balaban J connectivity index is 2.08. The van der Waals surface area contributed by atoms with Crippen molar-refractivity contribution in [3.8, 4) is 0 Å². The molecule has 0 saturated carbocycles. The van der Waals surface area contributed by atoms with Crippen molar-refractivity contribution in [2.24, 2.45) is 5.73 Å². The standard InChI is InChI=1S/C19H23N3O3/c20-10-4-5-11-22-19(25)14-8-9-15(16(21)12-14)18(24)17(23)13-6-2-1-3-7-13/h1-3,6-9,12,17,23H,4-5,10-11,20-21H2,(H,22,25). The van der Waals surface area contributed by atoms with Gasteiger partial charge in [0.1, 0.15) is 6.10 Å². The summed E-state index contributed by atoms with van der Waals surface area (Å²) >= 11 is 0. The maximum absolute atomic E-state index is 12.4. The van der Waals surface area contributed by atoms with Crippen molar-refractivity contribution in [1.29, 1.82) is 0 Å².